The van der Waals surface area contributed by atoms with E-state index in [0.29, 0.717) is 5.69 Å². The van der Waals surface area contributed by atoms with E-state index < -0.39 is 5.91 Å². The number of ether oxygens (including phenoxy) is 1. The van der Waals surface area contributed by atoms with Gasteiger partial charge in [-0.15, -0.1) is 0 Å². The number of rotatable bonds is 3. The van der Waals surface area contributed by atoms with E-state index >= 15 is 0 Å². The molecule has 4 nitrogen and oxygen atoms in total. The smallest absolute Gasteiger partial charge is 0.266 e. The lowest BCUT2D eigenvalue weighted by atomic mass is 10.0. The van der Waals surface area contributed by atoms with Crippen molar-refractivity contribution < 1.29 is 9.53 Å². The quantitative estimate of drug-likeness (QED) is 0.678. The van der Waals surface area contributed by atoms with Crippen molar-refractivity contribution >= 4 is 17.7 Å². The van der Waals surface area contributed by atoms with E-state index in [0.717, 1.165) is 34.4 Å². The summed E-state index contributed by atoms with van der Waals surface area (Å²) in [5.74, 6) is 0.471. The first kappa shape index (κ1) is 16.8. The summed E-state index contributed by atoms with van der Waals surface area (Å²) in [5, 5.41) is 12.2. The van der Waals surface area contributed by atoms with Gasteiger partial charge in [0.25, 0.3) is 5.91 Å². The molecule has 25 heavy (non-hydrogen) atoms. The lowest BCUT2D eigenvalue weighted by molar-refractivity contribution is -0.112. The topological polar surface area (TPSA) is 62.1 Å². The lowest BCUT2D eigenvalue weighted by Gasteiger charge is -2.07. The van der Waals surface area contributed by atoms with Crippen molar-refractivity contribution in [3.05, 3.63) is 64.2 Å². The summed E-state index contributed by atoms with van der Waals surface area (Å²) >= 11 is 0. The number of nitriles is 1. The third-order valence-electron chi connectivity index (χ3n) is 4.36. The summed E-state index contributed by atoms with van der Waals surface area (Å²) in [4.78, 5) is 12.4. The fourth-order valence-electron chi connectivity index (χ4n) is 2.86. The number of fused-ring (bicyclic) bond motifs is 1. The van der Waals surface area contributed by atoms with Gasteiger partial charge in [0.05, 0.1) is 0 Å². The summed E-state index contributed by atoms with van der Waals surface area (Å²) in [6.07, 6.45) is 2.62. The molecule has 0 aromatic heterocycles. The third-order valence-corrected chi connectivity index (χ3v) is 4.36. The Morgan fingerprint density at radius 3 is 2.76 bits per heavy atom. The molecule has 4 heteroatoms. The zero-order chi connectivity index (χ0) is 18.0. The number of anilines is 1. The highest BCUT2D eigenvalue weighted by Crippen LogP contribution is 2.30. The predicted molar refractivity (Wildman–Crippen MR) is 98.4 cm³/mol. The molecule has 0 bridgehead atoms. The highest BCUT2D eigenvalue weighted by atomic mass is 16.5. The first-order chi connectivity index (χ1) is 12.0. The number of amides is 1. The maximum Gasteiger partial charge on any atom is 0.266 e. The van der Waals surface area contributed by atoms with Crippen LogP contribution in [0.4, 0.5) is 5.69 Å². The first-order valence-electron chi connectivity index (χ1n) is 8.26. The Hall–Kier alpha value is -3.06. The van der Waals surface area contributed by atoms with Crippen LogP contribution in [0.1, 0.15) is 29.2 Å². The van der Waals surface area contributed by atoms with E-state index in [9.17, 15) is 10.1 Å². The molecule has 0 spiro atoms. The Bertz CT molecular complexity index is 907. The van der Waals surface area contributed by atoms with Crippen LogP contribution >= 0.6 is 0 Å². The normalized spacial score (nSPS) is 15.9. The molecule has 1 amide bonds. The SMILES string of the molecule is Cc1ccc(NC(=O)/C(C#N)=C\c2ccc3c(c2)CC(C)O3)cc1C. The molecule has 0 saturated carbocycles. The summed E-state index contributed by atoms with van der Waals surface area (Å²) < 4.78 is 5.68. The minimum atomic E-state index is -0.407. The number of carbonyl (C=O) groups is 1. The van der Waals surface area contributed by atoms with Gasteiger partial charge >= 0.3 is 0 Å². The Balaban J connectivity index is 1.81. The molecule has 126 valence electrons. The standard InChI is InChI=1S/C21H20N2O2/c1-13-4-6-19(8-14(13)2)23-21(24)18(12-22)11-16-5-7-20-17(10-16)9-15(3)25-20/h4-8,10-11,15H,9H2,1-3H3,(H,23,24)/b18-11-. The second-order valence-corrected chi connectivity index (χ2v) is 6.42. The number of hydrogen-bond donors (Lipinski definition) is 1. The van der Waals surface area contributed by atoms with Gasteiger partial charge in [-0.3, -0.25) is 4.79 Å². The van der Waals surface area contributed by atoms with Gasteiger partial charge in [-0.1, -0.05) is 12.1 Å². The predicted octanol–water partition coefficient (Wildman–Crippen LogP) is 4.17. The lowest BCUT2D eigenvalue weighted by Crippen LogP contribution is -2.13. The van der Waals surface area contributed by atoms with Gasteiger partial charge in [0, 0.05) is 12.1 Å². The van der Waals surface area contributed by atoms with E-state index in [-0.39, 0.29) is 11.7 Å². The van der Waals surface area contributed by atoms with Crippen LogP contribution in [0.15, 0.2) is 42.0 Å². The van der Waals surface area contributed by atoms with Crippen molar-refractivity contribution in [2.24, 2.45) is 0 Å². The molecule has 1 unspecified atom stereocenters. The number of aryl methyl sites for hydroxylation is 2. The van der Waals surface area contributed by atoms with E-state index in [1.54, 1.807) is 6.08 Å². The summed E-state index contributed by atoms with van der Waals surface area (Å²) in [6, 6.07) is 13.4. The fraction of sp³-hybridized carbons (Fsp3) is 0.238. The molecule has 2 aromatic carbocycles. The minimum absolute atomic E-state index is 0.0742. The van der Waals surface area contributed by atoms with Gasteiger partial charge in [0.2, 0.25) is 0 Å². The number of nitrogens with one attached hydrogen (secondary N) is 1. The van der Waals surface area contributed by atoms with Crippen molar-refractivity contribution in [3.8, 4) is 11.8 Å². The monoisotopic (exact) mass is 332 g/mol. The van der Waals surface area contributed by atoms with Gasteiger partial charge in [-0.25, -0.2) is 0 Å². The molecule has 0 saturated heterocycles. The van der Waals surface area contributed by atoms with Gasteiger partial charge in [-0.05, 0) is 73.4 Å². The first-order valence-corrected chi connectivity index (χ1v) is 8.26. The second-order valence-electron chi connectivity index (χ2n) is 6.42. The number of nitrogens with zero attached hydrogens (tertiary/aromatic N) is 1. The highest BCUT2D eigenvalue weighted by Gasteiger charge is 2.19. The molecule has 2 aromatic rings. The van der Waals surface area contributed by atoms with Gasteiger partial charge < -0.3 is 10.1 Å². The summed E-state index contributed by atoms with van der Waals surface area (Å²) in [5.41, 5.74) is 4.93. The highest BCUT2D eigenvalue weighted by molar-refractivity contribution is 6.09. The molecule has 3 rings (SSSR count). The average Bonchev–Trinajstić information content (AvgIpc) is 2.95. The van der Waals surface area contributed by atoms with E-state index in [1.165, 1.54) is 0 Å². The van der Waals surface area contributed by atoms with Crippen molar-refractivity contribution in [2.45, 2.75) is 33.3 Å². The molecule has 1 aliphatic heterocycles. The zero-order valence-corrected chi connectivity index (χ0v) is 14.6. The average molecular weight is 332 g/mol. The van der Waals surface area contributed by atoms with Crippen molar-refractivity contribution in [2.75, 3.05) is 5.32 Å². The van der Waals surface area contributed by atoms with Crippen LogP contribution in [0.3, 0.4) is 0 Å². The fourth-order valence-corrected chi connectivity index (χ4v) is 2.86. The minimum Gasteiger partial charge on any atom is -0.490 e. The largest absolute Gasteiger partial charge is 0.490 e. The molecule has 1 N–H and O–H groups in total. The number of carbonyl (C=O) groups excluding carboxylic acids is 1. The van der Waals surface area contributed by atoms with Gasteiger partial charge in [-0.2, -0.15) is 5.26 Å². The third kappa shape index (κ3) is 3.72. The summed E-state index contributed by atoms with van der Waals surface area (Å²) in [7, 11) is 0. The molecule has 1 heterocycles. The van der Waals surface area contributed by atoms with Crippen molar-refractivity contribution in [1.29, 1.82) is 5.26 Å². The van der Waals surface area contributed by atoms with Crippen LogP contribution < -0.4 is 10.1 Å². The van der Waals surface area contributed by atoms with Gasteiger partial charge in [0.1, 0.15) is 23.5 Å². The molecule has 0 fully saturated rings. The zero-order valence-electron chi connectivity index (χ0n) is 14.6. The van der Waals surface area contributed by atoms with Crippen LogP contribution in [-0.2, 0) is 11.2 Å². The Morgan fingerprint density at radius 1 is 1.24 bits per heavy atom. The maximum atomic E-state index is 12.4. The van der Waals surface area contributed by atoms with Crippen LogP contribution in [0.2, 0.25) is 0 Å². The molecule has 0 aliphatic carbocycles. The Kier molecular flexibility index (Phi) is 4.58. The molecule has 0 radical (unpaired) electrons. The van der Waals surface area contributed by atoms with E-state index in [4.69, 9.17) is 4.74 Å². The van der Waals surface area contributed by atoms with Crippen molar-refractivity contribution in [3.63, 3.8) is 0 Å². The molecule has 1 aliphatic rings. The molecule has 1 atom stereocenters. The van der Waals surface area contributed by atoms with Gasteiger partial charge in [0.15, 0.2) is 0 Å². The van der Waals surface area contributed by atoms with Crippen LogP contribution in [0.25, 0.3) is 6.08 Å². The summed E-state index contributed by atoms with van der Waals surface area (Å²) in [6.45, 7) is 6.02. The van der Waals surface area contributed by atoms with Crippen LogP contribution in [0, 0.1) is 25.2 Å². The van der Waals surface area contributed by atoms with Crippen LogP contribution in [0.5, 0.6) is 5.75 Å². The van der Waals surface area contributed by atoms with E-state index in [2.05, 4.69) is 5.32 Å². The Morgan fingerprint density at radius 2 is 2.04 bits per heavy atom. The number of benzene rings is 2. The second kappa shape index (κ2) is 6.82. The molecular weight excluding hydrogens is 312 g/mol. The number of hydrogen-bond acceptors (Lipinski definition) is 3. The molecular formula is C21H20N2O2. The maximum absolute atomic E-state index is 12.4. The van der Waals surface area contributed by atoms with Crippen molar-refractivity contribution in [1.82, 2.24) is 0 Å². The van der Waals surface area contributed by atoms with E-state index in [1.807, 2.05) is 63.2 Å². The Labute approximate surface area is 147 Å². The van der Waals surface area contributed by atoms with Crippen LogP contribution in [-0.4, -0.2) is 12.0 Å².